The number of anilines is 1. The van der Waals surface area contributed by atoms with Crippen molar-refractivity contribution in [3.63, 3.8) is 0 Å². The van der Waals surface area contributed by atoms with E-state index in [9.17, 15) is 29.6 Å². The molecule has 0 aromatic heterocycles. The third-order valence-corrected chi connectivity index (χ3v) is 5.46. The van der Waals surface area contributed by atoms with E-state index in [0.717, 1.165) is 0 Å². The maximum atomic E-state index is 13.1. The normalized spacial score (nSPS) is 17.2. The van der Waals surface area contributed by atoms with E-state index in [4.69, 9.17) is 0 Å². The second-order valence-corrected chi connectivity index (χ2v) is 7.49. The van der Waals surface area contributed by atoms with Gasteiger partial charge in [-0.1, -0.05) is 30.3 Å². The van der Waals surface area contributed by atoms with Gasteiger partial charge in [0.15, 0.2) is 5.78 Å². The first-order valence-electron chi connectivity index (χ1n) is 10.0. The summed E-state index contributed by atoms with van der Waals surface area (Å²) in [6, 6.07) is 18.9. The van der Waals surface area contributed by atoms with E-state index in [2.05, 4.69) is 0 Å². The van der Waals surface area contributed by atoms with Gasteiger partial charge in [0.05, 0.1) is 16.5 Å². The monoisotopic (exact) mass is 442 g/mol. The van der Waals surface area contributed by atoms with Gasteiger partial charge in [-0.2, -0.15) is 0 Å². The molecule has 0 spiro atoms. The Balaban J connectivity index is 1.91. The standard InChI is InChI=1S/C25H18N2O6/c1-15(28)16-7-11-19(12-8-16)26-22(17-9-13-20(14-10-17)27(32)33)21(24(30)25(26)31)23(29)18-5-3-2-4-6-18/h2-14,22,29H,1H3/b23-21+/t22-/m1/s1. The van der Waals surface area contributed by atoms with E-state index < -0.39 is 22.7 Å². The summed E-state index contributed by atoms with van der Waals surface area (Å²) in [6.07, 6.45) is 0. The van der Waals surface area contributed by atoms with Crippen molar-refractivity contribution < 1.29 is 24.4 Å². The molecular formula is C25H18N2O6. The number of benzene rings is 3. The van der Waals surface area contributed by atoms with Crippen molar-refractivity contribution in [1.82, 2.24) is 0 Å². The van der Waals surface area contributed by atoms with Crippen LogP contribution in [0.2, 0.25) is 0 Å². The van der Waals surface area contributed by atoms with Crippen LogP contribution in [0, 0.1) is 10.1 Å². The highest BCUT2D eigenvalue weighted by Gasteiger charge is 2.47. The first-order valence-corrected chi connectivity index (χ1v) is 10.0. The van der Waals surface area contributed by atoms with Crippen LogP contribution in [-0.4, -0.2) is 27.5 Å². The summed E-state index contributed by atoms with van der Waals surface area (Å²) in [4.78, 5) is 49.5. The fourth-order valence-corrected chi connectivity index (χ4v) is 3.80. The topological polar surface area (TPSA) is 118 Å². The Kier molecular flexibility index (Phi) is 5.58. The Hall–Kier alpha value is -4.59. The van der Waals surface area contributed by atoms with Crippen LogP contribution >= 0.6 is 0 Å². The third-order valence-electron chi connectivity index (χ3n) is 5.46. The van der Waals surface area contributed by atoms with Gasteiger partial charge in [-0.05, 0) is 48.9 Å². The van der Waals surface area contributed by atoms with Crippen molar-refractivity contribution in [1.29, 1.82) is 0 Å². The molecule has 4 rings (SSSR count). The number of carbonyl (C=O) groups excluding carboxylic acids is 3. The number of aliphatic hydroxyl groups is 1. The minimum Gasteiger partial charge on any atom is -0.507 e. The number of amides is 1. The molecule has 3 aromatic rings. The van der Waals surface area contributed by atoms with Crippen molar-refractivity contribution in [2.45, 2.75) is 13.0 Å². The van der Waals surface area contributed by atoms with Gasteiger partial charge in [0, 0.05) is 28.9 Å². The lowest BCUT2D eigenvalue weighted by atomic mass is 9.95. The number of nitro groups is 1. The van der Waals surface area contributed by atoms with Crippen LogP contribution in [0.25, 0.3) is 5.76 Å². The number of non-ortho nitro benzene ring substituents is 1. The molecule has 1 heterocycles. The van der Waals surface area contributed by atoms with Crippen LogP contribution in [0.1, 0.15) is 34.5 Å². The molecule has 8 heteroatoms. The molecule has 0 saturated carbocycles. The van der Waals surface area contributed by atoms with E-state index >= 15 is 0 Å². The van der Waals surface area contributed by atoms with Crippen LogP contribution in [0.4, 0.5) is 11.4 Å². The third kappa shape index (κ3) is 3.89. The average Bonchev–Trinajstić information content (AvgIpc) is 3.09. The number of aliphatic hydroxyl groups excluding tert-OH is 1. The van der Waals surface area contributed by atoms with Gasteiger partial charge >= 0.3 is 0 Å². The molecule has 3 aromatic carbocycles. The van der Waals surface area contributed by atoms with Gasteiger partial charge in [-0.25, -0.2) is 0 Å². The summed E-state index contributed by atoms with van der Waals surface area (Å²) in [6.45, 7) is 1.41. The smallest absolute Gasteiger partial charge is 0.300 e. The fraction of sp³-hybridized carbons (Fsp3) is 0.0800. The summed E-state index contributed by atoms with van der Waals surface area (Å²) in [5, 5.41) is 22.1. The maximum absolute atomic E-state index is 13.1. The number of carbonyl (C=O) groups is 3. The number of hydrogen-bond acceptors (Lipinski definition) is 6. The molecule has 1 N–H and O–H groups in total. The first kappa shape index (κ1) is 21.6. The van der Waals surface area contributed by atoms with Crippen molar-refractivity contribution in [2.75, 3.05) is 4.90 Å². The van der Waals surface area contributed by atoms with E-state index in [-0.39, 0.29) is 22.8 Å². The molecule has 33 heavy (non-hydrogen) atoms. The maximum Gasteiger partial charge on any atom is 0.300 e. The average molecular weight is 442 g/mol. The minimum absolute atomic E-state index is 0.129. The van der Waals surface area contributed by atoms with Gasteiger partial charge in [-0.15, -0.1) is 0 Å². The van der Waals surface area contributed by atoms with Gasteiger partial charge in [-0.3, -0.25) is 29.4 Å². The largest absolute Gasteiger partial charge is 0.507 e. The number of nitro benzene ring substituents is 1. The number of ketones is 2. The summed E-state index contributed by atoms with van der Waals surface area (Å²) >= 11 is 0. The molecular weight excluding hydrogens is 424 g/mol. The van der Waals surface area contributed by atoms with Crippen LogP contribution in [0.15, 0.2) is 84.4 Å². The molecule has 1 aliphatic heterocycles. The second-order valence-electron chi connectivity index (χ2n) is 7.49. The van der Waals surface area contributed by atoms with Crippen LogP contribution in [-0.2, 0) is 9.59 Å². The minimum atomic E-state index is -1.02. The number of rotatable bonds is 5. The highest BCUT2D eigenvalue weighted by Crippen LogP contribution is 2.42. The SMILES string of the molecule is CC(=O)c1ccc(N2C(=O)C(=O)/C(=C(/O)c3ccccc3)[C@H]2c2ccc([N+](=O)[O-])cc2)cc1. The zero-order valence-corrected chi connectivity index (χ0v) is 17.5. The lowest BCUT2D eigenvalue weighted by Crippen LogP contribution is -2.29. The van der Waals surface area contributed by atoms with E-state index in [1.807, 2.05) is 0 Å². The highest BCUT2D eigenvalue weighted by molar-refractivity contribution is 6.51. The Morgan fingerprint density at radius 3 is 2.06 bits per heavy atom. The molecule has 1 fully saturated rings. The van der Waals surface area contributed by atoms with Gasteiger partial charge in [0.25, 0.3) is 17.4 Å². The van der Waals surface area contributed by atoms with E-state index in [0.29, 0.717) is 22.4 Å². The summed E-state index contributed by atoms with van der Waals surface area (Å²) in [5.74, 6) is -2.23. The van der Waals surface area contributed by atoms with Crippen molar-refractivity contribution in [3.05, 3.63) is 111 Å². The molecule has 0 unspecified atom stereocenters. The number of Topliss-reactive ketones (excluding diaryl/α,β-unsaturated/α-hetero) is 2. The van der Waals surface area contributed by atoms with Gasteiger partial charge < -0.3 is 5.11 Å². The second kappa shape index (κ2) is 8.51. The Labute approximate surface area is 188 Å². The highest BCUT2D eigenvalue weighted by atomic mass is 16.6. The summed E-state index contributed by atoms with van der Waals surface area (Å²) < 4.78 is 0. The molecule has 0 bridgehead atoms. The predicted molar refractivity (Wildman–Crippen MR) is 121 cm³/mol. The molecule has 8 nitrogen and oxygen atoms in total. The van der Waals surface area contributed by atoms with E-state index in [1.54, 1.807) is 54.6 Å². The zero-order chi connectivity index (χ0) is 23.7. The Morgan fingerprint density at radius 2 is 1.52 bits per heavy atom. The van der Waals surface area contributed by atoms with Crippen molar-refractivity contribution in [3.8, 4) is 0 Å². The molecule has 1 amide bonds. The van der Waals surface area contributed by atoms with Crippen LogP contribution in [0.5, 0.6) is 0 Å². The Morgan fingerprint density at radius 1 is 0.909 bits per heavy atom. The Bertz CT molecular complexity index is 1290. The summed E-state index contributed by atoms with van der Waals surface area (Å²) in [7, 11) is 0. The fourth-order valence-electron chi connectivity index (χ4n) is 3.80. The van der Waals surface area contributed by atoms with E-state index in [1.165, 1.54) is 36.1 Å². The molecule has 0 aliphatic carbocycles. The molecule has 164 valence electrons. The van der Waals surface area contributed by atoms with Crippen molar-refractivity contribution in [2.24, 2.45) is 0 Å². The van der Waals surface area contributed by atoms with Crippen LogP contribution in [0.3, 0.4) is 0 Å². The van der Waals surface area contributed by atoms with Gasteiger partial charge in [0.2, 0.25) is 0 Å². The lowest BCUT2D eigenvalue weighted by Gasteiger charge is -2.25. The van der Waals surface area contributed by atoms with Crippen molar-refractivity contribution >= 4 is 34.6 Å². The molecule has 1 saturated heterocycles. The number of nitrogens with zero attached hydrogens (tertiary/aromatic N) is 2. The molecule has 1 atom stereocenters. The molecule has 0 radical (unpaired) electrons. The lowest BCUT2D eigenvalue weighted by molar-refractivity contribution is -0.384. The van der Waals surface area contributed by atoms with Crippen LogP contribution < -0.4 is 4.90 Å². The molecule has 1 aliphatic rings. The first-order chi connectivity index (χ1) is 15.8. The quantitative estimate of drug-likeness (QED) is 0.156. The zero-order valence-electron chi connectivity index (χ0n) is 17.5. The predicted octanol–water partition coefficient (Wildman–Crippen LogP) is 4.42. The van der Waals surface area contributed by atoms with Gasteiger partial charge in [0.1, 0.15) is 5.76 Å². The number of hydrogen-bond donors (Lipinski definition) is 1. The summed E-state index contributed by atoms with van der Waals surface area (Å²) in [5.41, 5.74) is 1.27.